The third-order valence-electron chi connectivity index (χ3n) is 4.93. The monoisotopic (exact) mass is 388 g/mol. The van der Waals surface area contributed by atoms with Crippen molar-refractivity contribution in [3.63, 3.8) is 0 Å². The van der Waals surface area contributed by atoms with Gasteiger partial charge in [-0.25, -0.2) is 17.5 Å². The van der Waals surface area contributed by atoms with Crippen LogP contribution in [0, 0.1) is 5.82 Å². The zero-order valence-electron chi connectivity index (χ0n) is 16.0. The molecule has 2 aromatic carbocycles. The lowest BCUT2D eigenvalue weighted by Crippen LogP contribution is -2.36. The molecule has 0 spiro atoms. The molecule has 3 aromatic rings. The molecule has 6 heteroatoms. The normalized spacial score (nSPS) is 12.8. The highest BCUT2D eigenvalue weighted by atomic mass is 32.2. The first-order valence-corrected chi connectivity index (χ1v) is 10.5. The summed E-state index contributed by atoms with van der Waals surface area (Å²) < 4.78 is 41.7. The van der Waals surface area contributed by atoms with Crippen molar-refractivity contribution in [3.8, 4) is 0 Å². The number of benzene rings is 2. The molecule has 0 unspecified atom stereocenters. The topological polar surface area (TPSA) is 62.0 Å². The van der Waals surface area contributed by atoms with Crippen molar-refractivity contribution in [3.05, 3.63) is 65.6 Å². The fraction of sp³-hybridized carbons (Fsp3) is 0.333. The van der Waals surface area contributed by atoms with Crippen LogP contribution in [-0.4, -0.2) is 19.9 Å². The number of H-pyrrole nitrogens is 1. The molecule has 27 heavy (non-hydrogen) atoms. The van der Waals surface area contributed by atoms with Gasteiger partial charge in [-0.2, -0.15) is 0 Å². The predicted octanol–water partition coefficient (Wildman–Crippen LogP) is 4.69. The van der Waals surface area contributed by atoms with Crippen LogP contribution in [-0.2, 0) is 15.4 Å². The van der Waals surface area contributed by atoms with Gasteiger partial charge in [-0.15, -0.1) is 0 Å². The average Bonchev–Trinajstić information content (AvgIpc) is 3.04. The standard InChI is InChI=1S/C21H25FN2O2S/c1-14(2)15-5-8-17(9-6-15)27(25,26)24-13-21(3,4)19-12-23-20-10-7-16(22)11-18(19)20/h5-12,14,23-24H,13H2,1-4H3. The zero-order valence-corrected chi connectivity index (χ0v) is 16.8. The molecular formula is C21H25FN2O2S. The van der Waals surface area contributed by atoms with E-state index in [0.29, 0.717) is 5.92 Å². The summed E-state index contributed by atoms with van der Waals surface area (Å²) in [5, 5.41) is 0.764. The SMILES string of the molecule is CC(C)c1ccc(S(=O)(=O)NCC(C)(C)c2c[nH]c3ccc(F)cc23)cc1. The molecule has 2 N–H and O–H groups in total. The molecule has 1 aromatic heterocycles. The molecule has 0 amide bonds. The second kappa shape index (κ2) is 7.09. The van der Waals surface area contributed by atoms with Crippen LogP contribution in [0.25, 0.3) is 10.9 Å². The Labute approximate surface area is 159 Å². The molecule has 0 aliphatic heterocycles. The van der Waals surface area contributed by atoms with E-state index in [9.17, 15) is 12.8 Å². The number of sulfonamides is 1. The summed E-state index contributed by atoms with van der Waals surface area (Å²) in [6.07, 6.45) is 1.82. The van der Waals surface area contributed by atoms with Crippen molar-refractivity contribution in [1.82, 2.24) is 9.71 Å². The maximum atomic E-state index is 13.6. The smallest absolute Gasteiger partial charge is 0.240 e. The Hall–Kier alpha value is -2.18. The summed E-state index contributed by atoms with van der Waals surface area (Å²) in [6.45, 7) is 8.20. The first kappa shape index (κ1) is 19.6. The molecule has 0 radical (unpaired) electrons. The van der Waals surface area contributed by atoms with Gasteiger partial charge in [0.1, 0.15) is 5.82 Å². The maximum absolute atomic E-state index is 13.6. The van der Waals surface area contributed by atoms with Crippen LogP contribution in [0.5, 0.6) is 0 Å². The number of aromatic amines is 1. The lowest BCUT2D eigenvalue weighted by Gasteiger charge is -2.25. The van der Waals surface area contributed by atoms with E-state index < -0.39 is 15.4 Å². The fourth-order valence-corrected chi connectivity index (χ4v) is 4.35. The lowest BCUT2D eigenvalue weighted by atomic mass is 9.85. The molecule has 144 valence electrons. The number of nitrogens with one attached hydrogen (secondary N) is 2. The first-order valence-electron chi connectivity index (χ1n) is 8.97. The van der Waals surface area contributed by atoms with Gasteiger partial charge in [-0.05, 0) is 47.4 Å². The fourth-order valence-electron chi connectivity index (χ4n) is 3.14. The average molecular weight is 389 g/mol. The van der Waals surface area contributed by atoms with Gasteiger partial charge >= 0.3 is 0 Å². The largest absolute Gasteiger partial charge is 0.361 e. The van der Waals surface area contributed by atoms with Crippen molar-refractivity contribution in [2.75, 3.05) is 6.54 Å². The van der Waals surface area contributed by atoms with Crippen molar-refractivity contribution >= 4 is 20.9 Å². The highest BCUT2D eigenvalue weighted by molar-refractivity contribution is 7.89. The molecular weight excluding hydrogens is 363 g/mol. The van der Waals surface area contributed by atoms with Crippen molar-refractivity contribution in [2.45, 2.75) is 43.9 Å². The van der Waals surface area contributed by atoms with Gasteiger partial charge in [-0.1, -0.05) is 39.8 Å². The highest BCUT2D eigenvalue weighted by Crippen LogP contribution is 2.31. The van der Waals surface area contributed by atoms with E-state index in [4.69, 9.17) is 0 Å². The van der Waals surface area contributed by atoms with Gasteiger partial charge < -0.3 is 4.98 Å². The third-order valence-corrected chi connectivity index (χ3v) is 6.35. The zero-order chi connectivity index (χ0) is 19.8. The summed E-state index contributed by atoms with van der Waals surface area (Å²) >= 11 is 0. The first-order chi connectivity index (χ1) is 12.6. The number of hydrogen-bond donors (Lipinski definition) is 2. The second-order valence-corrected chi connectivity index (χ2v) is 9.59. The van der Waals surface area contributed by atoms with Crippen LogP contribution >= 0.6 is 0 Å². The highest BCUT2D eigenvalue weighted by Gasteiger charge is 2.27. The van der Waals surface area contributed by atoms with Gasteiger partial charge in [0, 0.05) is 29.1 Å². The summed E-state index contributed by atoms with van der Waals surface area (Å²) in [7, 11) is -3.62. The Morgan fingerprint density at radius 2 is 1.78 bits per heavy atom. The third kappa shape index (κ3) is 4.06. The minimum atomic E-state index is -3.62. The van der Waals surface area contributed by atoms with Crippen LogP contribution in [0.2, 0.25) is 0 Å². The molecule has 0 atom stereocenters. The minimum Gasteiger partial charge on any atom is -0.361 e. The van der Waals surface area contributed by atoms with Crippen molar-refractivity contribution < 1.29 is 12.8 Å². The molecule has 1 heterocycles. The van der Waals surface area contributed by atoms with Gasteiger partial charge in [-0.3, -0.25) is 0 Å². The summed E-state index contributed by atoms with van der Waals surface area (Å²) in [5.41, 5.74) is 2.27. The van der Waals surface area contributed by atoms with Crippen LogP contribution in [0.4, 0.5) is 4.39 Å². The van der Waals surface area contributed by atoms with E-state index in [1.807, 2.05) is 32.2 Å². The lowest BCUT2D eigenvalue weighted by molar-refractivity contribution is 0.504. The number of rotatable bonds is 6. The van der Waals surface area contributed by atoms with Gasteiger partial charge in [0.2, 0.25) is 10.0 Å². The Bertz CT molecular complexity index is 1050. The van der Waals surface area contributed by atoms with Crippen LogP contribution in [0.15, 0.2) is 53.6 Å². The molecule has 0 saturated carbocycles. The quantitative estimate of drug-likeness (QED) is 0.644. The van der Waals surface area contributed by atoms with E-state index in [1.54, 1.807) is 18.2 Å². The Morgan fingerprint density at radius 1 is 1.11 bits per heavy atom. The minimum absolute atomic E-state index is 0.199. The van der Waals surface area contributed by atoms with Crippen LogP contribution in [0.1, 0.15) is 44.7 Å². The molecule has 0 aliphatic carbocycles. The van der Waals surface area contributed by atoms with Crippen LogP contribution < -0.4 is 4.72 Å². The van der Waals surface area contributed by atoms with E-state index >= 15 is 0 Å². The molecule has 3 rings (SSSR count). The maximum Gasteiger partial charge on any atom is 0.240 e. The van der Waals surface area contributed by atoms with Crippen molar-refractivity contribution in [1.29, 1.82) is 0 Å². The van der Waals surface area contributed by atoms with Gasteiger partial charge in [0.25, 0.3) is 0 Å². The molecule has 0 bridgehead atoms. The van der Waals surface area contributed by atoms with Crippen LogP contribution in [0.3, 0.4) is 0 Å². The summed E-state index contributed by atoms with van der Waals surface area (Å²) in [4.78, 5) is 3.37. The number of hydrogen-bond acceptors (Lipinski definition) is 2. The van der Waals surface area contributed by atoms with Crippen molar-refractivity contribution in [2.24, 2.45) is 0 Å². The second-order valence-electron chi connectivity index (χ2n) is 7.82. The van der Waals surface area contributed by atoms with Gasteiger partial charge in [0.05, 0.1) is 4.90 Å². The number of aromatic nitrogens is 1. The van der Waals surface area contributed by atoms with E-state index in [1.165, 1.54) is 12.1 Å². The molecule has 0 saturated heterocycles. The summed E-state index contributed by atoms with van der Waals surface area (Å²) in [6, 6.07) is 11.5. The molecule has 0 fully saturated rings. The number of fused-ring (bicyclic) bond motifs is 1. The number of halogens is 1. The van der Waals surface area contributed by atoms with E-state index in [0.717, 1.165) is 22.0 Å². The van der Waals surface area contributed by atoms with E-state index in [2.05, 4.69) is 23.6 Å². The predicted molar refractivity (Wildman–Crippen MR) is 107 cm³/mol. The Morgan fingerprint density at radius 3 is 2.41 bits per heavy atom. The molecule has 4 nitrogen and oxygen atoms in total. The van der Waals surface area contributed by atoms with Gasteiger partial charge in [0.15, 0.2) is 0 Å². The Kier molecular flexibility index (Phi) is 5.14. The molecule has 0 aliphatic rings. The van der Waals surface area contributed by atoms with E-state index in [-0.39, 0.29) is 17.3 Å². The Balaban J connectivity index is 1.82. The summed E-state index contributed by atoms with van der Waals surface area (Å²) in [5.74, 6) is 0.0286.